The van der Waals surface area contributed by atoms with Gasteiger partial charge in [0.05, 0.1) is 16.8 Å². The van der Waals surface area contributed by atoms with Gasteiger partial charge in [0.15, 0.2) is 5.58 Å². The van der Waals surface area contributed by atoms with E-state index in [9.17, 15) is 18.0 Å². The molecule has 0 radical (unpaired) electrons. The number of fused-ring (bicyclic) bond motifs is 1. The van der Waals surface area contributed by atoms with E-state index in [1.807, 2.05) is 24.3 Å². The lowest BCUT2D eigenvalue weighted by Gasteiger charge is -2.14. The second-order valence-electron chi connectivity index (χ2n) is 8.58. The number of aromatic nitrogens is 1. The average molecular weight is 517 g/mol. The van der Waals surface area contributed by atoms with E-state index in [-0.39, 0.29) is 11.3 Å². The monoisotopic (exact) mass is 516 g/mol. The number of para-hydroxylation sites is 1. The van der Waals surface area contributed by atoms with Gasteiger partial charge in [0.25, 0.3) is 11.9 Å². The zero-order valence-electron chi connectivity index (χ0n) is 20.3. The van der Waals surface area contributed by atoms with Crippen molar-refractivity contribution >= 4 is 45.8 Å². The number of aryl methyl sites for hydroxylation is 1. The van der Waals surface area contributed by atoms with Crippen LogP contribution in [0.4, 0.5) is 41.9 Å². The minimum Gasteiger partial charge on any atom is -0.423 e. The van der Waals surface area contributed by atoms with Gasteiger partial charge in [-0.3, -0.25) is 4.79 Å². The van der Waals surface area contributed by atoms with Crippen LogP contribution in [0.3, 0.4) is 0 Å². The fourth-order valence-corrected chi connectivity index (χ4v) is 3.92. The topological polar surface area (TPSA) is 79.2 Å². The number of anilines is 5. The zero-order valence-corrected chi connectivity index (χ0v) is 20.3. The third kappa shape index (κ3) is 5.62. The van der Waals surface area contributed by atoms with Crippen molar-refractivity contribution in [3.63, 3.8) is 0 Å². The van der Waals surface area contributed by atoms with Crippen molar-refractivity contribution < 1.29 is 22.4 Å². The number of hydrogen-bond acceptors (Lipinski definition) is 5. The Hall–Kier alpha value is -4.79. The molecule has 0 aliphatic heterocycles. The van der Waals surface area contributed by atoms with Crippen molar-refractivity contribution in [2.24, 2.45) is 0 Å². The van der Waals surface area contributed by atoms with E-state index in [1.54, 1.807) is 42.5 Å². The number of rotatable bonds is 7. The van der Waals surface area contributed by atoms with Gasteiger partial charge in [-0.1, -0.05) is 37.3 Å². The van der Waals surface area contributed by atoms with Crippen LogP contribution >= 0.6 is 0 Å². The maximum absolute atomic E-state index is 13.1. The van der Waals surface area contributed by atoms with Crippen LogP contribution in [0, 0.1) is 0 Å². The molecule has 3 N–H and O–H groups in total. The predicted molar refractivity (Wildman–Crippen MR) is 142 cm³/mol. The molecule has 0 aliphatic carbocycles. The Labute approximate surface area is 216 Å². The summed E-state index contributed by atoms with van der Waals surface area (Å²) in [5, 5.41) is 8.87. The average Bonchev–Trinajstić information content (AvgIpc) is 3.30. The van der Waals surface area contributed by atoms with Crippen molar-refractivity contribution in [1.82, 2.24) is 4.98 Å². The molecule has 192 valence electrons. The lowest BCUT2D eigenvalue weighted by atomic mass is 10.1. The first-order valence-corrected chi connectivity index (χ1v) is 11.9. The summed E-state index contributed by atoms with van der Waals surface area (Å²) in [4.78, 5) is 17.6. The molecule has 0 unspecified atom stereocenters. The molecule has 0 aliphatic rings. The van der Waals surface area contributed by atoms with Gasteiger partial charge in [0.1, 0.15) is 5.52 Å². The molecule has 0 saturated carbocycles. The van der Waals surface area contributed by atoms with Crippen LogP contribution < -0.4 is 16.0 Å². The number of nitrogens with one attached hydrogen (secondary N) is 3. The van der Waals surface area contributed by atoms with Crippen molar-refractivity contribution in [2.75, 3.05) is 16.0 Å². The first-order chi connectivity index (χ1) is 18.3. The van der Waals surface area contributed by atoms with Crippen molar-refractivity contribution in [3.05, 3.63) is 108 Å². The summed E-state index contributed by atoms with van der Waals surface area (Å²) < 4.78 is 45.1. The minimum atomic E-state index is -4.47. The van der Waals surface area contributed by atoms with E-state index in [4.69, 9.17) is 4.42 Å². The SMILES string of the molecule is CCc1ccc(Nc2nc3cc(NC(=O)c4ccccc4Nc4cccc(C(F)(F)F)c4)ccc3o2)cc1. The second kappa shape index (κ2) is 10.3. The Morgan fingerprint density at radius 2 is 1.61 bits per heavy atom. The number of halogens is 3. The van der Waals surface area contributed by atoms with Crippen LogP contribution in [0.25, 0.3) is 11.1 Å². The van der Waals surface area contributed by atoms with Crippen molar-refractivity contribution in [1.29, 1.82) is 0 Å². The highest BCUT2D eigenvalue weighted by Crippen LogP contribution is 2.32. The van der Waals surface area contributed by atoms with E-state index < -0.39 is 17.6 Å². The van der Waals surface area contributed by atoms with Gasteiger partial charge in [-0.2, -0.15) is 18.2 Å². The maximum Gasteiger partial charge on any atom is 0.416 e. The van der Waals surface area contributed by atoms with Crippen LogP contribution in [0.5, 0.6) is 0 Å². The smallest absolute Gasteiger partial charge is 0.416 e. The molecule has 0 fully saturated rings. The highest BCUT2D eigenvalue weighted by atomic mass is 19.4. The summed E-state index contributed by atoms with van der Waals surface area (Å²) >= 11 is 0. The van der Waals surface area contributed by atoms with Crippen LogP contribution in [0.1, 0.15) is 28.4 Å². The van der Waals surface area contributed by atoms with Crippen molar-refractivity contribution in [3.8, 4) is 0 Å². The predicted octanol–water partition coefficient (Wildman–Crippen LogP) is 8.15. The van der Waals surface area contributed by atoms with E-state index in [1.165, 1.54) is 17.7 Å². The number of nitrogens with zero attached hydrogens (tertiary/aromatic N) is 1. The normalized spacial score (nSPS) is 11.4. The molecule has 1 amide bonds. The Morgan fingerprint density at radius 1 is 0.842 bits per heavy atom. The molecule has 38 heavy (non-hydrogen) atoms. The molecule has 0 spiro atoms. The van der Waals surface area contributed by atoms with Crippen LogP contribution in [-0.2, 0) is 12.6 Å². The number of alkyl halides is 3. The number of carbonyl (C=O) groups is 1. The van der Waals surface area contributed by atoms with E-state index in [2.05, 4.69) is 27.9 Å². The van der Waals surface area contributed by atoms with Gasteiger partial charge < -0.3 is 20.4 Å². The summed E-state index contributed by atoms with van der Waals surface area (Å²) in [5.74, 6) is -0.433. The van der Waals surface area contributed by atoms with Crippen LogP contribution in [0.2, 0.25) is 0 Å². The largest absolute Gasteiger partial charge is 0.423 e. The summed E-state index contributed by atoms with van der Waals surface area (Å²) in [6.07, 6.45) is -3.52. The molecular weight excluding hydrogens is 493 g/mol. The standard InChI is InChI=1S/C29H23F3N4O2/c1-2-18-10-12-20(13-11-18)35-28-36-25-17-22(14-15-26(25)38-28)34-27(37)23-8-3-4-9-24(23)33-21-7-5-6-19(16-21)29(30,31)32/h3-17,33H,2H2,1H3,(H,34,37)(H,35,36). The highest BCUT2D eigenvalue weighted by molar-refractivity contribution is 6.09. The van der Waals surface area contributed by atoms with Gasteiger partial charge in [-0.15, -0.1) is 0 Å². The van der Waals surface area contributed by atoms with Gasteiger partial charge in [-0.05, 0) is 72.6 Å². The van der Waals surface area contributed by atoms with E-state index >= 15 is 0 Å². The first kappa shape index (κ1) is 24.9. The van der Waals surface area contributed by atoms with Crippen molar-refractivity contribution in [2.45, 2.75) is 19.5 Å². The van der Waals surface area contributed by atoms with Gasteiger partial charge in [-0.25, -0.2) is 0 Å². The fraction of sp³-hybridized carbons (Fsp3) is 0.103. The third-order valence-corrected chi connectivity index (χ3v) is 5.90. The van der Waals surface area contributed by atoms with Gasteiger partial charge in [0.2, 0.25) is 0 Å². The number of oxazole rings is 1. The third-order valence-electron chi connectivity index (χ3n) is 5.90. The first-order valence-electron chi connectivity index (χ1n) is 11.9. The Balaban J connectivity index is 1.32. The Kier molecular flexibility index (Phi) is 6.74. The fourth-order valence-electron chi connectivity index (χ4n) is 3.92. The number of hydrogen-bond donors (Lipinski definition) is 3. The van der Waals surface area contributed by atoms with Crippen LogP contribution in [-0.4, -0.2) is 10.9 Å². The summed E-state index contributed by atoms with van der Waals surface area (Å²) in [5.41, 5.74) is 3.71. The van der Waals surface area contributed by atoms with E-state index in [0.29, 0.717) is 28.5 Å². The van der Waals surface area contributed by atoms with Gasteiger partial charge in [0, 0.05) is 17.1 Å². The molecule has 0 atom stereocenters. The minimum absolute atomic E-state index is 0.216. The van der Waals surface area contributed by atoms with Crippen LogP contribution in [0.15, 0.2) is 95.4 Å². The lowest BCUT2D eigenvalue weighted by molar-refractivity contribution is -0.137. The molecule has 1 aromatic heterocycles. The molecule has 5 aromatic rings. The number of benzene rings is 4. The second-order valence-corrected chi connectivity index (χ2v) is 8.58. The zero-order chi connectivity index (χ0) is 26.7. The van der Waals surface area contributed by atoms with Gasteiger partial charge >= 0.3 is 6.18 Å². The van der Waals surface area contributed by atoms with E-state index in [0.717, 1.165) is 24.2 Å². The number of carbonyl (C=O) groups excluding carboxylic acids is 1. The molecule has 0 bridgehead atoms. The molecule has 1 heterocycles. The molecule has 9 heteroatoms. The summed E-state index contributed by atoms with van der Waals surface area (Å²) in [6, 6.07) is 24.7. The number of amides is 1. The maximum atomic E-state index is 13.1. The Morgan fingerprint density at radius 3 is 2.37 bits per heavy atom. The lowest BCUT2D eigenvalue weighted by Crippen LogP contribution is -2.14. The summed E-state index contributed by atoms with van der Waals surface area (Å²) in [6.45, 7) is 2.09. The quantitative estimate of drug-likeness (QED) is 0.203. The molecule has 6 nitrogen and oxygen atoms in total. The molecule has 0 saturated heterocycles. The Bertz CT molecular complexity index is 1590. The molecule has 5 rings (SSSR count). The highest BCUT2D eigenvalue weighted by Gasteiger charge is 2.30. The molecular formula is C29H23F3N4O2. The summed E-state index contributed by atoms with van der Waals surface area (Å²) in [7, 11) is 0. The molecule has 4 aromatic carbocycles.